The summed E-state index contributed by atoms with van der Waals surface area (Å²) in [5.41, 5.74) is 4.16. The summed E-state index contributed by atoms with van der Waals surface area (Å²) in [4.78, 5) is 12.0. The van der Waals surface area contributed by atoms with Crippen LogP contribution in [0.15, 0.2) is 54.6 Å². The standard InChI is InChI=1S/C25H23ClFN3O4/c26-18-11-19-24(30-25(28-19)34-20-10-7-16(12-31)22(32)23(20)33)29-21(18)15-3-1-13(2-4-15)14-5-8-17(27)9-6-14/h1-6,8-9,11,16,20,22-23,31-33H,7,10,12H2,(H,28,29,30)/t16-,20+,22-,23-/m1/s1. The smallest absolute Gasteiger partial charge is 0.296 e. The molecule has 0 saturated heterocycles. The Morgan fingerprint density at radius 3 is 2.26 bits per heavy atom. The van der Waals surface area contributed by atoms with Crippen LogP contribution in [0.25, 0.3) is 33.5 Å². The highest BCUT2D eigenvalue weighted by Crippen LogP contribution is 2.32. The van der Waals surface area contributed by atoms with Gasteiger partial charge in [-0.25, -0.2) is 9.37 Å². The van der Waals surface area contributed by atoms with Gasteiger partial charge in [0.15, 0.2) is 5.65 Å². The van der Waals surface area contributed by atoms with Crippen LogP contribution in [0.3, 0.4) is 0 Å². The van der Waals surface area contributed by atoms with Crippen LogP contribution in [-0.2, 0) is 0 Å². The summed E-state index contributed by atoms with van der Waals surface area (Å²) in [5.74, 6) is -0.654. The highest BCUT2D eigenvalue weighted by molar-refractivity contribution is 6.33. The van der Waals surface area contributed by atoms with Crippen molar-refractivity contribution in [2.45, 2.75) is 31.2 Å². The van der Waals surface area contributed by atoms with E-state index in [1.165, 1.54) is 12.1 Å². The zero-order valence-electron chi connectivity index (χ0n) is 18.0. The van der Waals surface area contributed by atoms with Gasteiger partial charge in [0.25, 0.3) is 6.01 Å². The number of H-pyrrole nitrogens is 1. The first-order valence-electron chi connectivity index (χ1n) is 11.0. The minimum atomic E-state index is -1.13. The number of aromatic amines is 1. The fourth-order valence-electron chi connectivity index (χ4n) is 4.31. The van der Waals surface area contributed by atoms with Gasteiger partial charge in [-0.05, 0) is 42.2 Å². The zero-order chi connectivity index (χ0) is 23.8. The van der Waals surface area contributed by atoms with Crippen molar-refractivity contribution in [1.82, 2.24) is 15.0 Å². The number of ether oxygens (including phenoxy) is 1. The molecule has 34 heavy (non-hydrogen) atoms. The summed E-state index contributed by atoms with van der Waals surface area (Å²) in [6, 6.07) is 15.8. The number of nitrogens with one attached hydrogen (secondary N) is 1. The molecule has 1 aliphatic rings. The van der Waals surface area contributed by atoms with Gasteiger partial charge in [-0.2, -0.15) is 4.98 Å². The van der Waals surface area contributed by atoms with Crippen LogP contribution in [0.5, 0.6) is 6.01 Å². The van der Waals surface area contributed by atoms with Crippen molar-refractivity contribution in [2.75, 3.05) is 6.61 Å². The molecule has 1 aliphatic carbocycles. The Kier molecular flexibility index (Phi) is 6.22. The largest absolute Gasteiger partial charge is 0.459 e. The summed E-state index contributed by atoms with van der Waals surface area (Å²) in [7, 11) is 0. The van der Waals surface area contributed by atoms with Crippen LogP contribution in [0.1, 0.15) is 12.8 Å². The molecular weight excluding hydrogens is 461 g/mol. The maximum absolute atomic E-state index is 13.2. The topological polar surface area (TPSA) is 111 Å². The van der Waals surface area contributed by atoms with E-state index in [4.69, 9.17) is 16.3 Å². The molecule has 2 aromatic carbocycles. The fourth-order valence-corrected chi connectivity index (χ4v) is 4.57. The molecule has 1 saturated carbocycles. The molecule has 9 heteroatoms. The van der Waals surface area contributed by atoms with Crippen LogP contribution >= 0.6 is 11.6 Å². The summed E-state index contributed by atoms with van der Waals surface area (Å²) in [5, 5.41) is 30.3. The molecule has 4 aromatic rings. The Balaban J connectivity index is 1.38. The summed E-state index contributed by atoms with van der Waals surface area (Å²) < 4.78 is 19.0. The first-order valence-corrected chi connectivity index (χ1v) is 11.4. The number of nitrogens with zero attached hydrogens (tertiary/aromatic N) is 2. The lowest BCUT2D eigenvalue weighted by Gasteiger charge is -2.36. The molecule has 176 valence electrons. The first kappa shape index (κ1) is 22.7. The molecule has 7 nitrogen and oxygen atoms in total. The number of halogens is 2. The van der Waals surface area contributed by atoms with Crippen molar-refractivity contribution in [2.24, 2.45) is 5.92 Å². The van der Waals surface area contributed by atoms with E-state index >= 15 is 0 Å². The summed E-state index contributed by atoms with van der Waals surface area (Å²) in [6.07, 6.45) is -1.86. The van der Waals surface area contributed by atoms with Crippen LogP contribution in [0, 0.1) is 11.7 Å². The highest BCUT2D eigenvalue weighted by atomic mass is 35.5. The van der Waals surface area contributed by atoms with Gasteiger partial charge in [0.1, 0.15) is 18.0 Å². The van der Waals surface area contributed by atoms with Crippen molar-refractivity contribution in [3.8, 4) is 28.4 Å². The van der Waals surface area contributed by atoms with Crippen molar-refractivity contribution in [3.05, 3.63) is 65.4 Å². The maximum Gasteiger partial charge on any atom is 0.296 e. The third-order valence-electron chi connectivity index (χ3n) is 6.27. The number of aliphatic hydroxyl groups excluding tert-OH is 3. The molecule has 2 aromatic heterocycles. The second-order valence-corrected chi connectivity index (χ2v) is 8.88. The highest BCUT2D eigenvalue weighted by Gasteiger charge is 2.38. The number of aromatic nitrogens is 3. The van der Waals surface area contributed by atoms with Gasteiger partial charge in [-0.15, -0.1) is 0 Å². The predicted octanol–water partition coefficient (Wildman–Crippen LogP) is 3.96. The second-order valence-electron chi connectivity index (χ2n) is 8.47. The summed E-state index contributed by atoms with van der Waals surface area (Å²) >= 11 is 6.50. The predicted molar refractivity (Wildman–Crippen MR) is 126 cm³/mol. The van der Waals surface area contributed by atoms with Gasteiger partial charge in [0.2, 0.25) is 0 Å². The van der Waals surface area contributed by atoms with E-state index in [0.717, 1.165) is 16.7 Å². The minimum absolute atomic E-state index is 0.168. The second kappa shape index (κ2) is 9.31. The molecular formula is C25H23ClFN3O4. The van der Waals surface area contributed by atoms with Crippen molar-refractivity contribution in [3.63, 3.8) is 0 Å². The van der Waals surface area contributed by atoms with E-state index < -0.39 is 18.3 Å². The van der Waals surface area contributed by atoms with Crippen LogP contribution in [-0.4, -0.2) is 55.2 Å². The number of imidazole rings is 1. The van der Waals surface area contributed by atoms with Crippen molar-refractivity contribution in [1.29, 1.82) is 0 Å². The Morgan fingerprint density at radius 1 is 0.941 bits per heavy atom. The van der Waals surface area contributed by atoms with Crippen LogP contribution in [0.4, 0.5) is 4.39 Å². The van der Waals surface area contributed by atoms with Crippen LogP contribution in [0.2, 0.25) is 5.02 Å². The Hall–Kier alpha value is -3.04. The molecule has 0 unspecified atom stereocenters. The molecule has 0 spiro atoms. The molecule has 5 rings (SSSR count). The Morgan fingerprint density at radius 2 is 1.59 bits per heavy atom. The fraction of sp³-hybridized carbons (Fsp3) is 0.280. The maximum atomic E-state index is 13.2. The third-order valence-corrected chi connectivity index (χ3v) is 6.56. The van der Waals surface area contributed by atoms with E-state index in [9.17, 15) is 19.7 Å². The number of hydrogen-bond donors (Lipinski definition) is 4. The lowest BCUT2D eigenvalue weighted by atomic mass is 9.83. The van der Waals surface area contributed by atoms with Crippen molar-refractivity contribution >= 4 is 22.8 Å². The van der Waals surface area contributed by atoms with E-state index in [2.05, 4.69) is 15.0 Å². The number of benzene rings is 2. The molecule has 0 radical (unpaired) electrons. The van der Waals surface area contributed by atoms with Gasteiger partial charge in [0, 0.05) is 18.1 Å². The van der Waals surface area contributed by atoms with E-state index in [1.54, 1.807) is 18.2 Å². The number of rotatable bonds is 5. The lowest BCUT2D eigenvalue weighted by Crippen LogP contribution is -2.49. The van der Waals surface area contributed by atoms with Gasteiger partial charge < -0.3 is 25.0 Å². The number of pyridine rings is 1. The van der Waals surface area contributed by atoms with E-state index in [-0.39, 0.29) is 24.4 Å². The first-order chi connectivity index (χ1) is 16.4. The monoisotopic (exact) mass is 483 g/mol. The molecule has 0 bridgehead atoms. The quantitative estimate of drug-likeness (QED) is 0.342. The van der Waals surface area contributed by atoms with E-state index in [0.29, 0.717) is 34.7 Å². The number of aliphatic hydroxyl groups is 3. The normalized spacial score (nSPS) is 22.7. The molecule has 1 fully saturated rings. The average molecular weight is 484 g/mol. The third kappa shape index (κ3) is 4.37. The average Bonchev–Trinajstić information content (AvgIpc) is 3.23. The van der Waals surface area contributed by atoms with Gasteiger partial charge >= 0.3 is 0 Å². The summed E-state index contributed by atoms with van der Waals surface area (Å²) in [6.45, 7) is -0.189. The van der Waals surface area contributed by atoms with Gasteiger partial charge in [-0.1, -0.05) is 48.0 Å². The lowest BCUT2D eigenvalue weighted by molar-refractivity contribution is -0.111. The van der Waals surface area contributed by atoms with E-state index in [1.807, 2.05) is 24.3 Å². The van der Waals surface area contributed by atoms with Gasteiger partial charge in [0.05, 0.1) is 22.3 Å². The number of fused-ring (bicyclic) bond motifs is 1. The Labute approximate surface area is 199 Å². The van der Waals surface area contributed by atoms with Crippen molar-refractivity contribution < 1.29 is 24.4 Å². The number of hydrogen-bond acceptors (Lipinski definition) is 6. The molecule has 0 amide bonds. The minimum Gasteiger partial charge on any atom is -0.459 e. The zero-order valence-corrected chi connectivity index (χ0v) is 18.8. The Bertz CT molecular complexity index is 1300. The van der Waals surface area contributed by atoms with Gasteiger partial charge in [-0.3, -0.25) is 0 Å². The molecule has 2 heterocycles. The SMILES string of the molecule is OC[C@H]1CC[C@H](Oc2nc3nc(-c4ccc(-c5ccc(F)cc5)cc4)c(Cl)cc3[nH]2)[C@@H](O)[C@@H]1O. The molecule has 0 aliphatic heterocycles. The van der Waals surface area contributed by atoms with Crippen LogP contribution < -0.4 is 4.74 Å². The molecule has 4 N–H and O–H groups in total. The molecule has 4 atom stereocenters.